The number of imidazole rings is 1. The van der Waals surface area contributed by atoms with E-state index in [0.29, 0.717) is 35.4 Å². The number of nitrogens with one attached hydrogen (secondary N) is 1. The van der Waals surface area contributed by atoms with Gasteiger partial charge in [-0.15, -0.1) is 0 Å². The molecule has 4 aromatic carbocycles. The van der Waals surface area contributed by atoms with Gasteiger partial charge in [-0.2, -0.15) is 0 Å². The Morgan fingerprint density at radius 1 is 0.796 bits per heavy atom. The molecule has 0 radical (unpaired) electrons. The van der Waals surface area contributed by atoms with Gasteiger partial charge < -0.3 is 29.2 Å². The Kier molecular flexibility index (Phi) is 9.06. The monoisotopic (exact) mass is 655 g/mol. The fourth-order valence-corrected chi connectivity index (χ4v) is 6.77. The lowest BCUT2D eigenvalue weighted by Gasteiger charge is -2.37. The lowest BCUT2D eigenvalue weighted by Crippen LogP contribution is -2.35. The SMILES string of the molecule is COc1ccc(C(OC[C@@H]2C[C@H](n3cnc4c(NC(=O)c5ccccc5)ncnc43)C[C@H]2O)(c2ccccc2)c2ccc(OC)cc2)cc1. The van der Waals surface area contributed by atoms with Crippen molar-refractivity contribution in [2.45, 2.75) is 30.6 Å². The number of methoxy groups -OCH3 is 2. The molecule has 2 heterocycles. The highest BCUT2D eigenvalue weighted by atomic mass is 16.5. The molecule has 2 aromatic heterocycles. The van der Waals surface area contributed by atoms with Gasteiger partial charge in [0.05, 0.1) is 33.3 Å². The number of hydrogen-bond acceptors (Lipinski definition) is 8. The van der Waals surface area contributed by atoms with Gasteiger partial charge in [-0.25, -0.2) is 15.0 Å². The third-order valence-electron chi connectivity index (χ3n) is 9.34. The maximum Gasteiger partial charge on any atom is 0.256 e. The molecule has 248 valence electrons. The van der Waals surface area contributed by atoms with Crippen LogP contribution in [0.1, 0.15) is 45.9 Å². The molecule has 7 rings (SSSR count). The topological polar surface area (TPSA) is 121 Å². The van der Waals surface area contributed by atoms with Crippen LogP contribution >= 0.6 is 0 Å². The van der Waals surface area contributed by atoms with Crippen LogP contribution in [0.25, 0.3) is 11.2 Å². The quantitative estimate of drug-likeness (QED) is 0.154. The minimum atomic E-state index is -0.988. The van der Waals surface area contributed by atoms with Crippen molar-refractivity contribution in [1.29, 1.82) is 0 Å². The Balaban J connectivity index is 1.18. The molecule has 1 aliphatic carbocycles. The summed E-state index contributed by atoms with van der Waals surface area (Å²) in [5.41, 5.74) is 3.42. The first-order chi connectivity index (χ1) is 24.0. The highest BCUT2D eigenvalue weighted by molar-refractivity contribution is 6.06. The van der Waals surface area contributed by atoms with E-state index >= 15 is 0 Å². The Morgan fingerprint density at radius 3 is 2.00 bits per heavy atom. The molecule has 6 aromatic rings. The molecule has 3 atom stereocenters. The number of fused-ring (bicyclic) bond motifs is 1. The van der Waals surface area contributed by atoms with Crippen molar-refractivity contribution in [3.8, 4) is 11.5 Å². The lowest BCUT2D eigenvalue weighted by atomic mass is 9.80. The average molecular weight is 656 g/mol. The molecule has 1 saturated carbocycles. The van der Waals surface area contributed by atoms with E-state index in [-0.39, 0.29) is 24.5 Å². The number of aliphatic hydroxyl groups excluding tert-OH is 1. The molecule has 0 bridgehead atoms. The summed E-state index contributed by atoms with van der Waals surface area (Å²) in [6.07, 6.45) is 3.64. The Labute approximate surface area is 284 Å². The number of rotatable bonds is 11. The van der Waals surface area contributed by atoms with Crippen LogP contribution in [-0.2, 0) is 10.3 Å². The largest absolute Gasteiger partial charge is 0.497 e. The third-order valence-corrected chi connectivity index (χ3v) is 9.34. The minimum Gasteiger partial charge on any atom is -0.497 e. The predicted octanol–water partition coefficient (Wildman–Crippen LogP) is 6.42. The number of hydrogen-bond donors (Lipinski definition) is 2. The van der Waals surface area contributed by atoms with Gasteiger partial charge in [0.25, 0.3) is 5.91 Å². The molecule has 1 amide bonds. The van der Waals surface area contributed by atoms with Crippen LogP contribution < -0.4 is 14.8 Å². The smallest absolute Gasteiger partial charge is 0.256 e. The highest BCUT2D eigenvalue weighted by Crippen LogP contribution is 2.44. The maximum atomic E-state index is 12.9. The zero-order valence-electron chi connectivity index (χ0n) is 27.3. The summed E-state index contributed by atoms with van der Waals surface area (Å²) in [7, 11) is 3.29. The van der Waals surface area contributed by atoms with E-state index in [4.69, 9.17) is 14.2 Å². The summed E-state index contributed by atoms with van der Waals surface area (Å²) in [5, 5.41) is 14.3. The van der Waals surface area contributed by atoms with E-state index in [9.17, 15) is 9.90 Å². The van der Waals surface area contributed by atoms with Gasteiger partial charge in [-0.3, -0.25) is 4.79 Å². The molecule has 0 unspecified atom stereocenters. The van der Waals surface area contributed by atoms with Crippen molar-refractivity contribution in [3.63, 3.8) is 0 Å². The van der Waals surface area contributed by atoms with E-state index in [1.54, 1.807) is 32.7 Å². The van der Waals surface area contributed by atoms with Gasteiger partial charge in [0, 0.05) is 17.5 Å². The molecule has 1 aliphatic rings. The molecule has 0 saturated heterocycles. The second-order valence-electron chi connectivity index (χ2n) is 12.1. The molecule has 1 fully saturated rings. The normalized spacial score (nSPS) is 17.6. The Hall–Kier alpha value is -5.58. The van der Waals surface area contributed by atoms with Crippen LogP contribution in [0.5, 0.6) is 11.5 Å². The van der Waals surface area contributed by atoms with Crippen molar-refractivity contribution in [2.75, 3.05) is 26.1 Å². The maximum absolute atomic E-state index is 12.9. The number of aromatic nitrogens is 4. The summed E-state index contributed by atoms with van der Waals surface area (Å²) in [6, 6.07) is 34.8. The van der Waals surface area contributed by atoms with Crippen molar-refractivity contribution < 1.29 is 24.1 Å². The lowest BCUT2D eigenvalue weighted by molar-refractivity contribution is -0.0296. The molecule has 2 N–H and O–H groups in total. The van der Waals surface area contributed by atoms with Gasteiger partial charge in [0.1, 0.15) is 23.4 Å². The predicted molar refractivity (Wildman–Crippen MR) is 186 cm³/mol. The van der Waals surface area contributed by atoms with Gasteiger partial charge in [0.15, 0.2) is 17.0 Å². The summed E-state index contributed by atoms with van der Waals surface area (Å²) in [5.74, 6) is 1.37. The first-order valence-corrected chi connectivity index (χ1v) is 16.2. The molecule has 0 aliphatic heterocycles. The highest BCUT2D eigenvalue weighted by Gasteiger charge is 2.41. The number of carbonyl (C=O) groups excluding carboxylic acids is 1. The fourth-order valence-electron chi connectivity index (χ4n) is 6.77. The van der Waals surface area contributed by atoms with Crippen LogP contribution in [0, 0.1) is 5.92 Å². The number of anilines is 1. The number of aliphatic hydroxyl groups is 1. The standard InChI is InChI=1S/C39H37N5O5/c1-47-32-17-13-29(14-18-32)39(28-11-7-4-8-12-28,30-15-19-33(48-2)20-16-30)49-23-27-21-31(22-34(27)45)44-25-42-35-36(40-24-41-37(35)44)43-38(46)26-9-5-3-6-10-26/h3-20,24-25,27,31,34,45H,21-23H2,1-2H3,(H,40,41,43,46)/t27-,31-,34+/m0/s1. The van der Waals surface area contributed by atoms with E-state index < -0.39 is 11.7 Å². The number of amides is 1. The van der Waals surface area contributed by atoms with Crippen molar-refractivity contribution in [3.05, 3.63) is 144 Å². The molecule has 0 spiro atoms. The van der Waals surface area contributed by atoms with E-state index in [1.807, 2.05) is 89.5 Å². The number of nitrogens with zero attached hydrogens (tertiary/aromatic N) is 4. The van der Waals surface area contributed by atoms with Crippen molar-refractivity contribution in [2.24, 2.45) is 5.92 Å². The third kappa shape index (κ3) is 6.24. The second-order valence-corrected chi connectivity index (χ2v) is 12.1. The van der Waals surface area contributed by atoms with Crippen LogP contribution in [0.15, 0.2) is 122 Å². The van der Waals surface area contributed by atoms with Gasteiger partial charge >= 0.3 is 0 Å². The van der Waals surface area contributed by atoms with E-state index in [2.05, 4.69) is 32.4 Å². The Bertz CT molecular complexity index is 1970. The molecule has 10 heteroatoms. The van der Waals surface area contributed by atoms with E-state index in [1.165, 1.54) is 6.33 Å². The van der Waals surface area contributed by atoms with Crippen molar-refractivity contribution in [1.82, 2.24) is 19.5 Å². The second kappa shape index (κ2) is 13.9. The summed E-state index contributed by atoms with van der Waals surface area (Å²) < 4.78 is 20.0. The zero-order valence-corrected chi connectivity index (χ0v) is 27.3. The number of carbonyl (C=O) groups is 1. The summed E-state index contributed by atoms with van der Waals surface area (Å²) >= 11 is 0. The van der Waals surface area contributed by atoms with Crippen molar-refractivity contribution >= 4 is 22.9 Å². The van der Waals surface area contributed by atoms with Crippen LogP contribution in [0.3, 0.4) is 0 Å². The number of benzene rings is 4. The summed E-state index contributed by atoms with van der Waals surface area (Å²) in [4.78, 5) is 26.3. The van der Waals surface area contributed by atoms with Crippen LogP contribution in [-0.4, -0.2) is 57.5 Å². The fraction of sp³-hybridized carbons (Fsp3) is 0.231. The zero-order chi connectivity index (χ0) is 33.8. The van der Waals surface area contributed by atoms with Crippen LogP contribution in [0.2, 0.25) is 0 Å². The van der Waals surface area contributed by atoms with Gasteiger partial charge in [0.2, 0.25) is 0 Å². The molecule has 49 heavy (non-hydrogen) atoms. The molecular formula is C39H37N5O5. The van der Waals surface area contributed by atoms with Crippen LogP contribution in [0.4, 0.5) is 5.82 Å². The summed E-state index contributed by atoms with van der Waals surface area (Å²) in [6.45, 7) is 0.282. The van der Waals surface area contributed by atoms with E-state index in [0.717, 1.165) is 28.2 Å². The van der Waals surface area contributed by atoms with Gasteiger partial charge in [-0.1, -0.05) is 72.8 Å². The minimum absolute atomic E-state index is 0.0886. The average Bonchev–Trinajstić information content (AvgIpc) is 3.76. The molecule has 10 nitrogen and oxygen atoms in total. The van der Waals surface area contributed by atoms with Gasteiger partial charge in [-0.05, 0) is 65.9 Å². The number of ether oxygens (including phenoxy) is 3. The first-order valence-electron chi connectivity index (χ1n) is 16.2. The Morgan fingerprint density at radius 2 is 1.39 bits per heavy atom. The molecular weight excluding hydrogens is 618 g/mol. The first kappa shape index (κ1) is 32.0.